The van der Waals surface area contributed by atoms with Crippen molar-refractivity contribution in [1.82, 2.24) is 4.98 Å². The van der Waals surface area contributed by atoms with Crippen molar-refractivity contribution in [3.63, 3.8) is 0 Å². The van der Waals surface area contributed by atoms with Gasteiger partial charge in [-0.2, -0.15) is 0 Å². The molecular weight excluding hydrogens is 364 g/mol. The number of aryl methyl sites for hydroxylation is 3. The number of anilines is 1. The average molecular weight is 385 g/mol. The first kappa shape index (κ1) is 18.6. The number of hydrogen-bond acceptors (Lipinski definition) is 3. The van der Waals surface area contributed by atoms with Crippen LogP contribution < -0.4 is 5.32 Å². The van der Waals surface area contributed by atoms with Crippen LogP contribution in [0.5, 0.6) is 0 Å². The van der Waals surface area contributed by atoms with Crippen LogP contribution in [0.4, 0.5) is 5.13 Å². The fraction of sp³-hybridized carbons (Fsp3) is 0.238. The lowest BCUT2D eigenvalue weighted by atomic mass is 10.0. The molecule has 2 aromatic carbocycles. The molecule has 1 aromatic heterocycles. The molecule has 0 aliphatic carbocycles. The Labute approximate surface area is 163 Å². The van der Waals surface area contributed by atoms with E-state index in [1.165, 1.54) is 16.0 Å². The van der Waals surface area contributed by atoms with E-state index in [1.807, 2.05) is 0 Å². The van der Waals surface area contributed by atoms with Crippen molar-refractivity contribution in [3.05, 3.63) is 69.1 Å². The highest BCUT2D eigenvalue weighted by Gasteiger charge is 2.16. The topological polar surface area (TPSA) is 42.0 Å². The number of benzene rings is 2. The summed E-state index contributed by atoms with van der Waals surface area (Å²) in [7, 11) is 0. The lowest BCUT2D eigenvalue weighted by Gasteiger charge is -2.06. The number of amides is 1. The van der Waals surface area contributed by atoms with E-state index in [2.05, 4.69) is 44.3 Å². The van der Waals surface area contributed by atoms with Gasteiger partial charge in [-0.25, -0.2) is 4.98 Å². The summed E-state index contributed by atoms with van der Waals surface area (Å²) in [5.74, 6) is -0.175. The first-order valence-electron chi connectivity index (χ1n) is 8.62. The Bertz CT molecular complexity index is 932. The number of nitrogens with one attached hydrogen (secondary N) is 1. The van der Waals surface area contributed by atoms with Crippen molar-refractivity contribution < 1.29 is 4.79 Å². The van der Waals surface area contributed by atoms with E-state index < -0.39 is 0 Å². The van der Waals surface area contributed by atoms with Gasteiger partial charge >= 0.3 is 0 Å². The van der Waals surface area contributed by atoms with E-state index in [1.54, 1.807) is 35.6 Å². The smallest absolute Gasteiger partial charge is 0.257 e. The molecular formula is C21H21ClN2OS. The third-order valence-electron chi connectivity index (χ3n) is 4.15. The Hall–Kier alpha value is -2.17. The predicted octanol–water partition coefficient (Wildman–Crippen LogP) is 6.29. The molecule has 0 atom stereocenters. The van der Waals surface area contributed by atoms with E-state index in [9.17, 15) is 4.79 Å². The standard InChI is InChI=1S/C21H21ClN2OS/c1-4-5-18-19(17-12-13(2)6-7-14(17)3)23-21(26-18)24-20(25)15-8-10-16(22)11-9-15/h6-12H,4-5H2,1-3H3,(H,23,24,25). The summed E-state index contributed by atoms with van der Waals surface area (Å²) in [6.45, 7) is 6.33. The fourth-order valence-electron chi connectivity index (χ4n) is 2.77. The van der Waals surface area contributed by atoms with Gasteiger partial charge in [-0.15, -0.1) is 11.3 Å². The van der Waals surface area contributed by atoms with Gasteiger partial charge in [0.05, 0.1) is 5.69 Å². The van der Waals surface area contributed by atoms with Crippen molar-refractivity contribution in [1.29, 1.82) is 0 Å². The zero-order valence-corrected chi connectivity index (χ0v) is 16.7. The molecule has 0 fully saturated rings. The quantitative estimate of drug-likeness (QED) is 0.562. The van der Waals surface area contributed by atoms with Gasteiger partial charge in [-0.3, -0.25) is 10.1 Å². The maximum absolute atomic E-state index is 12.5. The Morgan fingerprint density at radius 1 is 1.15 bits per heavy atom. The summed E-state index contributed by atoms with van der Waals surface area (Å²) >= 11 is 7.44. The zero-order chi connectivity index (χ0) is 18.7. The molecule has 5 heteroatoms. The third kappa shape index (κ3) is 4.14. The molecule has 0 radical (unpaired) electrons. The van der Waals surface area contributed by atoms with Crippen LogP contribution in [0.3, 0.4) is 0 Å². The summed E-state index contributed by atoms with van der Waals surface area (Å²) < 4.78 is 0. The molecule has 0 aliphatic rings. The molecule has 1 amide bonds. The first-order valence-corrected chi connectivity index (χ1v) is 9.81. The van der Waals surface area contributed by atoms with Gasteiger partial charge in [0.15, 0.2) is 5.13 Å². The van der Waals surface area contributed by atoms with Crippen LogP contribution in [0.25, 0.3) is 11.3 Å². The van der Waals surface area contributed by atoms with Crippen LogP contribution in [0, 0.1) is 13.8 Å². The Morgan fingerprint density at radius 2 is 1.88 bits per heavy atom. The number of halogens is 1. The average Bonchev–Trinajstić information content (AvgIpc) is 3.00. The van der Waals surface area contributed by atoms with E-state index >= 15 is 0 Å². The maximum atomic E-state index is 12.5. The molecule has 3 aromatic rings. The van der Waals surface area contributed by atoms with Crippen molar-refractivity contribution in [2.45, 2.75) is 33.6 Å². The van der Waals surface area contributed by atoms with Gasteiger partial charge in [0.1, 0.15) is 0 Å². The number of aromatic nitrogens is 1. The number of rotatable bonds is 5. The maximum Gasteiger partial charge on any atom is 0.257 e. The van der Waals surface area contributed by atoms with E-state index in [0.717, 1.165) is 24.1 Å². The van der Waals surface area contributed by atoms with Crippen LogP contribution in [-0.4, -0.2) is 10.9 Å². The third-order valence-corrected chi connectivity index (χ3v) is 5.43. The fourth-order valence-corrected chi connectivity index (χ4v) is 3.97. The molecule has 3 nitrogen and oxygen atoms in total. The van der Waals surface area contributed by atoms with Crippen LogP contribution in [0.2, 0.25) is 5.02 Å². The van der Waals surface area contributed by atoms with Crippen molar-refractivity contribution >= 4 is 34.0 Å². The highest BCUT2D eigenvalue weighted by atomic mass is 35.5. The Kier molecular flexibility index (Phi) is 5.74. The normalized spacial score (nSPS) is 10.8. The largest absolute Gasteiger partial charge is 0.298 e. The molecule has 3 rings (SSSR count). The molecule has 26 heavy (non-hydrogen) atoms. The minimum atomic E-state index is -0.175. The molecule has 134 valence electrons. The second-order valence-electron chi connectivity index (χ2n) is 6.32. The molecule has 0 unspecified atom stereocenters. The number of carbonyl (C=O) groups is 1. The molecule has 0 bridgehead atoms. The highest BCUT2D eigenvalue weighted by Crippen LogP contribution is 2.34. The van der Waals surface area contributed by atoms with Gasteiger partial charge in [-0.1, -0.05) is 42.6 Å². The Morgan fingerprint density at radius 3 is 2.58 bits per heavy atom. The summed E-state index contributed by atoms with van der Waals surface area (Å²) in [5.41, 5.74) is 5.07. The molecule has 0 saturated heterocycles. The molecule has 0 saturated carbocycles. The summed E-state index contributed by atoms with van der Waals surface area (Å²) in [4.78, 5) is 18.4. The van der Waals surface area contributed by atoms with Crippen LogP contribution in [-0.2, 0) is 6.42 Å². The van der Waals surface area contributed by atoms with E-state index in [0.29, 0.717) is 15.7 Å². The minimum absolute atomic E-state index is 0.175. The lowest BCUT2D eigenvalue weighted by Crippen LogP contribution is -2.11. The minimum Gasteiger partial charge on any atom is -0.298 e. The van der Waals surface area contributed by atoms with Crippen LogP contribution in [0.1, 0.15) is 39.7 Å². The lowest BCUT2D eigenvalue weighted by molar-refractivity contribution is 0.102. The van der Waals surface area contributed by atoms with E-state index in [4.69, 9.17) is 16.6 Å². The SMILES string of the molecule is CCCc1sc(NC(=O)c2ccc(Cl)cc2)nc1-c1cc(C)ccc1C. The van der Waals surface area contributed by atoms with Crippen molar-refractivity contribution in [3.8, 4) is 11.3 Å². The zero-order valence-electron chi connectivity index (χ0n) is 15.1. The second kappa shape index (κ2) is 8.02. The molecule has 1 heterocycles. The number of nitrogens with zero attached hydrogens (tertiary/aromatic N) is 1. The second-order valence-corrected chi connectivity index (χ2v) is 7.84. The van der Waals surface area contributed by atoms with Gasteiger partial charge < -0.3 is 0 Å². The summed E-state index contributed by atoms with van der Waals surface area (Å²) in [5, 5.41) is 4.16. The van der Waals surface area contributed by atoms with Gasteiger partial charge in [0, 0.05) is 21.0 Å². The van der Waals surface area contributed by atoms with E-state index in [-0.39, 0.29) is 5.91 Å². The monoisotopic (exact) mass is 384 g/mol. The summed E-state index contributed by atoms with van der Waals surface area (Å²) in [6.07, 6.45) is 1.97. The van der Waals surface area contributed by atoms with Gasteiger partial charge in [0.2, 0.25) is 0 Å². The Balaban J connectivity index is 1.93. The number of carbonyl (C=O) groups excluding carboxylic acids is 1. The van der Waals surface area contributed by atoms with Gasteiger partial charge in [-0.05, 0) is 56.2 Å². The number of thiazole rings is 1. The predicted molar refractivity (Wildman–Crippen MR) is 110 cm³/mol. The van der Waals surface area contributed by atoms with Crippen LogP contribution in [0.15, 0.2) is 42.5 Å². The summed E-state index contributed by atoms with van der Waals surface area (Å²) in [6, 6.07) is 13.2. The van der Waals surface area contributed by atoms with Crippen molar-refractivity contribution in [2.24, 2.45) is 0 Å². The highest BCUT2D eigenvalue weighted by molar-refractivity contribution is 7.16. The van der Waals surface area contributed by atoms with Crippen LogP contribution >= 0.6 is 22.9 Å². The molecule has 1 N–H and O–H groups in total. The van der Waals surface area contributed by atoms with Gasteiger partial charge in [0.25, 0.3) is 5.91 Å². The molecule has 0 aliphatic heterocycles. The van der Waals surface area contributed by atoms with Crippen molar-refractivity contribution in [2.75, 3.05) is 5.32 Å². The molecule has 0 spiro atoms. The first-order chi connectivity index (χ1) is 12.5. The number of hydrogen-bond donors (Lipinski definition) is 1.